The first-order valence-electron chi connectivity index (χ1n) is 9.09. The van der Waals surface area contributed by atoms with Gasteiger partial charge in [0.2, 0.25) is 5.91 Å². The van der Waals surface area contributed by atoms with Crippen LogP contribution in [0, 0.1) is 0 Å². The van der Waals surface area contributed by atoms with E-state index in [0.717, 1.165) is 22.2 Å². The lowest BCUT2D eigenvalue weighted by Gasteiger charge is -2.40. The molecule has 0 radical (unpaired) electrons. The number of carbonyl (C=O) groups excluding carboxylic acids is 2. The Kier molecular flexibility index (Phi) is 3.94. The number of benzene rings is 2. The second-order valence-electron chi connectivity index (χ2n) is 7.03. The van der Waals surface area contributed by atoms with Crippen molar-refractivity contribution in [1.29, 1.82) is 0 Å². The van der Waals surface area contributed by atoms with E-state index in [4.69, 9.17) is 11.6 Å². The third-order valence-electron chi connectivity index (χ3n) is 5.39. The summed E-state index contributed by atoms with van der Waals surface area (Å²) in [4.78, 5) is 30.8. The number of piperazine rings is 1. The molecule has 0 spiro atoms. The van der Waals surface area contributed by atoms with Crippen molar-refractivity contribution in [1.82, 2.24) is 14.9 Å². The van der Waals surface area contributed by atoms with E-state index in [0.29, 0.717) is 23.6 Å². The van der Waals surface area contributed by atoms with E-state index in [2.05, 4.69) is 10.1 Å². The van der Waals surface area contributed by atoms with Gasteiger partial charge in [-0.3, -0.25) is 9.59 Å². The number of para-hydroxylation sites is 1. The molecule has 140 valence electrons. The third-order valence-corrected chi connectivity index (χ3v) is 5.73. The molecule has 1 N–H and O–H groups in total. The average molecular weight is 393 g/mol. The van der Waals surface area contributed by atoms with Gasteiger partial charge in [0.05, 0.1) is 12.8 Å². The molecule has 1 aromatic heterocycles. The van der Waals surface area contributed by atoms with Crippen LogP contribution in [-0.2, 0) is 22.6 Å². The van der Waals surface area contributed by atoms with Gasteiger partial charge >= 0.3 is 0 Å². The Morgan fingerprint density at radius 3 is 2.71 bits per heavy atom. The van der Waals surface area contributed by atoms with Gasteiger partial charge in [-0.15, -0.1) is 0 Å². The molecule has 1 saturated heterocycles. The summed E-state index contributed by atoms with van der Waals surface area (Å²) in [7, 11) is 0. The van der Waals surface area contributed by atoms with Gasteiger partial charge in [-0.25, -0.2) is 5.01 Å². The second kappa shape index (κ2) is 6.49. The Labute approximate surface area is 166 Å². The lowest BCUT2D eigenvalue weighted by atomic mass is 9.94. The fourth-order valence-corrected chi connectivity index (χ4v) is 4.15. The number of rotatable bonds is 2. The van der Waals surface area contributed by atoms with Gasteiger partial charge in [-0.05, 0) is 17.7 Å². The van der Waals surface area contributed by atoms with Gasteiger partial charge in [0, 0.05) is 33.6 Å². The summed E-state index contributed by atoms with van der Waals surface area (Å²) in [5.41, 5.74) is 3.84. The molecule has 0 aliphatic carbocycles. The quantitative estimate of drug-likeness (QED) is 0.681. The highest BCUT2D eigenvalue weighted by atomic mass is 35.5. The van der Waals surface area contributed by atoms with Crippen molar-refractivity contribution in [2.24, 2.45) is 5.10 Å². The largest absolute Gasteiger partial charge is 0.357 e. The van der Waals surface area contributed by atoms with Crippen LogP contribution in [0.5, 0.6) is 0 Å². The smallest absolute Gasteiger partial charge is 0.266 e. The maximum Gasteiger partial charge on any atom is 0.266 e. The highest BCUT2D eigenvalue weighted by Gasteiger charge is 2.43. The number of hydrazone groups is 1. The topological polar surface area (TPSA) is 68.8 Å². The van der Waals surface area contributed by atoms with Crippen LogP contribution >= 0.6 is 11.6 Å². The first-order chi connectivity index (χ1) is 13.6. The van der Waals surface area contributed by atoms with E-state index in [9.17, 15) is 9.59 Å². The number of hydrogen-bond acceptors (Lipinski definition) is 3. The monoisotopic (exact) mass is 392 g/mol. The Bertz CT molecular complexity index is 1140. The predicted octanol–water partition coefficient (Wildman–Crippen LogP) is 2.95. The molecule has 0 unspecified atom stereocenters. The molecule has 7 heteroatoms. The maximum absolute atomic E-state index is 13.1. The molecule has 6 nitrogen and oxygen atoms in total. The molecule has 1 atom stereocenters. The van der Waals surface area contributed by atoms with Crippen LogP contribution in [0.3, 0.4) is 0 Å². The lowest BCUT2D eigenvalue weighted by molar-refractivity contribution is -0.157. The van der Waals surface area contributed by atoms with Gasteiger partial charge in [0.1, 0.15) is 12.6 Å². The van der Waals surface area contributed by atoms with Crippen molar-refractivity contribution < 1.29 is 9.59 Å². The summed E-state index contributed by atoms with van der Waals surface area (Å²) in [5.74, 6) is -0.274. The number of carbonyl (C=O) groups is 2. The van der Waals surface area contributed by atoms with Crippen molar-refractivity contribution in [3.63, 3.8) is 0 Å². The summed E-state index contributed by atoms with van der Waals surface area (Å²) < 4.78 is 0. The Hall–Kier alpha value is -3.12. The molecule has 1 fully saturated rings. The highest BCUT2D eigenvalue weighted by Crippen LogP contribution is 2.32. The lowest BCUT2D eigenvalue weighted by Crippen LogP contribution is -2.60. The summed E-state index contributed by atoms with van der Waals surface area (Å²) in [6.07, 6.45) is 2.02. The molecular formula is C21H17ClN4O2. The van der Waals surface area contributed by atoms with E-state index in [-0.39, 0.29) is 18.4 Å². The minimum absolute atomic E-state index is 0.0636. The van der Waals surface area contributed by atoms with Gasteiger partial charge < -0.3 is 9.88 Å². The van der Waals surface area contributed by atoms with E-state index in [1.54, 1.807) is 11.0 Å². The molecule has 2 aliphatic rings. The van der Waals surface area contributed by atoms with E-state index in [1.165, 1.54) is 11.2 Å². The second-order valence-corrected chi connectivity index (χ2v) is 7.44. The Balaban J connectivity index is 1.46. The number of aromatic amines is 1. The standard InChI is InChI=1S/C21H17ClN4O2/c22-16-7-3-1-5-13(16)10-23-26-12-20(27)25-11-18-15(9-19(25)21(26)28)14-6-2-4-8-17(14)24-18/h1-8,10,19,24H,9,11-12H2/b23-10-/t19-/m0/s1. The molecule has 2 aliphatic heterocycles. The number of fused-ring (bicyclic) bond motifs is 4. The highest BCUT2D eigenvalue weighted by molar-refractivity contribution is 6.33. The van der Waals surface area contributed by atoms with Crippen LogP contribution in [0.25, 0.3) is 10.9 Å². The number of H-pyrrole nitrogens is 1. The van der Waals surface area contributed by atoms with Gasteiger partial charge in [-0.1, -0.05) is 48.0 Å². The van der Waals surface area contributed by atoms with Crippen molar-refractivity contribution in [3.8, 4) is 0 Å². The molecule has 0 saturated carbocycles. The molecule has 28 heavy (non-hydrogen) atoms. The predicted molar refractivity (Wildman–Crippen MR) is 107 cm³/mol. The van der Waals surface area contributed by atoms with E-state index >= 15 is 0 Å². The van der Waals surface area contributed by atoms with Crippen molar-refractivity contribution in [2.45, 2.75) is 19.0 Å². The number of hydrogen-bond donors (Lipinski definition) is 1. The molecule has 2 amide bonds. The zero-order valence-electron chi connectivity index (χ0n) is 14.9. The van der Waals surface area contributed by atoms with Gasteiger partial charge in [0.25, 0.3) is 5.91 Å². The average Bonchev–Trinajstić information content (AvgIpc) is 3.07. The summed E-state index contributed by atoms with van der Waals surface area (Å²) in [6, 6.07) is 14.7. The van der Waals surface area contributed by atoms with E-state index < -0.39 is 6.04 Å². The van der Waals surface area contributed by atoms with Gasteiger partial charge in [0.15, 0.2) is 0 Å². The van der Waals surface area contributed by atoms with Crippen LogP contribution in [0.1, 0.15) is 16.8 Å². The molecular weight excluding hydrogens is 376 g/mol. The fraction of sp³-hybridized carbons (Fsp3) is 0.190. The number of nitrogens with zero attached hydrogens (tertiary/aromatic N) is 3. The van der Waals surface area contributed by atoms with Gasteiger partial charge in [-0.2, -0.15) is 5.10 Å². The normalized spacial score (nSPS) is 19.4. The van der Waals surface area contributed by atoms with Crippen LogP contribution in [0.15, 0.2) is 53.6 Å². The summed E-state index contributed by atoms with van der Waals surface area (Å²) in [6.45, 7) is 0.354. The zero-order chi connectivity index (χ0) is 19.3. The van der Waals surface area contributed by atoms with Crippen molar-refractivity contribution in [2.75, 3.05) is 6.54 Å². The van der Waals surface area contributed by atoms with Crippen LogP contribution in [0.2, 0.25) is 5.02 Å². The minimum atomic E-state index is -0.531. The molecule has 3 heterocycles. The molecule has 3 aromatic rings. The number of aromatic nitrogens is 1. The first kappa shape index (κ1) is 17.0. The maximum atomic E-state index is 13.1. The molecule has 2 aromatic carbocycles. The Morgan fingerprint density at radius 1 is 1.07 bits per heavy atom. The summed E-state index contributed by atoms with van der Waals surface area (Å²) in [5, 5.41) is 7.17. The number of amides is 2. The van der Waals surface area contributed by atoms with Crippen molar-refractivity contribution >= 4 is 40.5 Å². The minimum Gasteiger partial charge on any atom is -0.357 e. The van der Waals surface area contributed by atoms with Crippen LogP contribution in [-0.4, -0.2) is 45.5 Å². The number of nitrogens with one attached hydrogen (secondary N) is 1. The molecule has 5 rings (SSSR count). The summed E-state index contributed by atoms with van der Waals surface area (Å²) >= 11 is 6.14. The van der Waals surface area contributed by atoms with Crippen LogP contribution in [0.4, 0.5) is 0 Å². The van der Waals surface area contributed by atoms with E-state index in [1.807, 2.05) is 42.5 Å². The molecule has 0 bridgehead atoms. The van der Waals surface area contributed by atoms with Crippen molar-refractivity contribution in [3.05, 3.63) is 70.4 Å². The Morgan fingerprint density at radius 2 is 1.86 bits per heavy atom. The third kappa shape index (κ3) is 2.68. The zero-order valence-corrected chi connectivity index (χ0v) is 15.7. The van der Waals surface area contributed by atoms with Crippen LogP contribution < -0.4 is 0 Å². The SMILES string of the molecule is O=C1[C@@H]2Cc3c([nH]c4ccccc34)CN2C(=O)CN1/N=C\c1ccccc1Cl. The fourth-order valence-electron chi connectivity index (χ4n) is 3.97. The first-order valence-corrected chi connectivity index (χ1v) is 9.47. The number of halogens is 1.